The van der Waals surface area contributed by atoms with E-state index in [0.29, 0.717) is 5.82 Å². The molecule has 1 aromatic rings. The molecule has 0 aromatic carbocycles. The fourth-order valence-corrected chi connectivity index (χ4v) is 1.59. The summed E-state index contributed by atoms with van der Waals surface area (Å²) in [6.07, 6.45) is 0. The van der Waals surface area contributed by atoms with Crippen molar-refractivity contribution in [1.29, 1.82) is 0 Å². The number of hydrogen-bond acceptors (Lipinski definition) is 4. The van der Waals surface area contributed by atoms with E-state index in [1.54, 1.807) is 18.2 Å². The van der Waals surface area contributed by atoms with Gasteiger partial charge in [0.25, 0.3) is 0 Å². The van der Waals surface area contributed by atoms with E-state index < -0.39 is 5.97 Å². The van der Waals surface area contributed by atoms with Gasteiger partial charge in [-0.05, 0) is 12.1 Å². The fourth-order valence-electron chi connectivity index (χ4n) is 0.888. The van der Waals surface area contributed by atoms with Gasteiger partial charge in [-0.3, -0.25) is 9.59 Å². The number of carbonyl (C=O) groups excluding carboxylic acids is 1. The molecule has 0 bridgehead atoms. The van der Waals surface area contributed by atoms with Gasteiger partial charge in [-0.25, -0.2) is 4.98 Å². The summed E-state index contributed by atoms with van der Waals surface area (Å²) in [4.78, 5) is 25.4. The molecule has 7 heteroatoms. The first-order valence-electron chi connectivity index (χ1n) is 4.30. The van der Waals surface area contributed by atoms with Crippen LogP contribution in [0.15, 0.2) is 18.2 Å². The second-order valence-corrected chi connectivity index (χ2v) is 4.15. The molecule has 16 heavy (non-hydrogen) atoms. The van der Waals surface area contributed by atoms with Crippen LogP contribution in [0.25, 0.3) is 0 Å². The van der Waals surface area contributed by atoms with Crippen LogP contribution < -0.4 is 5.32 Å². The summed E-state index contributed by atoms with van der Waals surface area (Å²) in [5, 5.41) is 11.2. The summed E-state index contributed by atoms with van der Waals surface area (Å²) in [5.74, 6) is -0.926. The quantitative estimate of drug-likeness (QED) is 0.784. The van der Waals surface area contributed by atoms with Crippen molar-refractivity contribution >= 4 is 41.1 Å². The molecule has 0 saturated heterocycles. The van der Waals surface area contributed by atoms with Gasteiger partial charge in [-0.2, -0.15) is 0 Å². The standard InChI is InChI=1S/C9H9ClN2O3S/c10-6-2-1-3-7(11-6)12-8(13)4-16-5-9(14)15/h1-3H,4-5H2,(H,14,15)(H,11,12,13). The number of carboxylic acids is 1. The van der Waals surface area contributed by atoms with E-state index >= 15 is 0 Å². The van der Waals surface area contributed by atoms with Gasteiger partial charge in [0, 0.05) is 0 Å². The maximum atomic E-state index is 11.3. The lowest BCUT2D eigenvalue weighted by molar-refractivity contribution is -0.133. The largest absolute Gasteiger partial charge is 0.481 e. The normalized spacial score (nSPS) is 9.81. The van der Waals surface area contributed by atoms with Gasteiger partial charge in [-0.15, -0.1) is 11.8 Å². The van der Waals surface area contributed by atoms with Crippen LogP contribution in [-0.4, -0.2) is 33.5 Å². The summed E-state index contributed by atoms with van der Waals surface area (Å²) in [6, 6.07) is 4.86. The molecule has 0 aliphatic rings. The van der Waals surface area contributed by atoms with Crippen LogP contribution in [0.4, 0.5) is 5.82 Å². The molecule has 0 aliphatic heterocycles. The Morgan fingerprint density at radius 2 is 2.19 bits per heavy atom. The number of pyridine rings is 1. The van der Waals surface area contributed by atoms with Crippen LogP contribution in [0.2, 0.25) is 5.15 Å². The zero-order chi connectivity index (χ0) is 12.0. The van der Waals surface area contributed by atoms with E-state index in [1.165, 1.54) is 0 Å². The monoisotopic (exact) mass is 260 g/mol. The van der Waals surface area contributed by atoms with E-state index in [9.17, 15) is 9.59 Å². The van der Waals surface area contributed by atoms with Gasteiger partial charge in [0.2, 0.25) is 5.91 Å². The molecule has 0 fully saturated rings. The van der Waals surface area contributed by atoms with Crippen molar-refractivity contribution in [3.63, 3.8) is 0 Å². The molecule has 1 aromatic heterocycles. The molecule has 2 N–H and O–H groups in total. The maximum absolute atomic E-state index is 11.3. The maximum Gasteiger partial charge on any atom is 0.313 e. The van der Waals surface area contributed by atoms with Gasteiger partial charge in [-0.1, -0.05) is 17.7 Å². The van der Waals surface area contributed by atoms with E-state index in [0.717, 1.165) is 11.8 Å². The Balaban J connectivity index is 2.37. The first kappa shape index (κ1) is 12.8. The zero-order valence-corrected chi connectivity index (χ0v) is 9.72. The smallest absolute Gasteiger partial charge is 0.313 e. The van der Waals surface area contributed by atoms with Crippen molar-refractivity contribution in [2.75, 3.05) is 16.8 Å². The number of aliphatic carboxylic acids is 1. The molecule has 0 radical (unpaired) electrons. The fraction of sp³-hybridized carbons (Fsp3) is 0.222. The Hall–Kier alpha value is -1.27. The third kappa shape index (κ3) is 4.99. The van der Waals surface area contributed by atoms with Crippen molar-refractivity contribution in [2.45, 2.75) is 0 Å². The average molecular weight is 261 g/mol. The van der Waals surface area contributed by atoms with Gasteiger partial charge < -0.3 is 10.4 Å². The summed E-state index contributed by atoms with van der Waals surface area (Å²) in [6.45, 7) is 0. The number of anilines is 1. The number of carboxylic acid groups (broad SMARTS) is 1. The Labute approximate surface area is 101 Å². The van der Waals surface area contributed by atoms with Gasteiger partial charge >= 0.3 is 5.97 Å². The van der Waals surface area contributed by atoms with Crippen LogP contribution in [0.1, 0.15) is 0 Å². The van der Waals surface area contributed by atoms with Crippen LogP contribution >= 0.6 is 23.4 Å². The van der Waals surface area contributed by atoms with Crippen molar-refractivity contribution in [2.24, 2.45) is 0 Å². The molecule has 5 nitrogen and oxygen atoms in total. The third-order valence-electron chi connectivity index (χ3n) is 1.44. The summed E-state index contributed by atoms with van der Waals surface area (Å²) in [5.41, 5.74) is 0. The predicted octanol–water partition coefficient (Wildman–Crippen LogP) is 1.49. The number of rotatable bonds is 5. The lowest BCUT2D eigenvalue weighted by Crippen LogP contribution is -2.16. The van der Waals surface area contributed by atoms with Gasteiger partial charge in [0.15, 0.2) is 0 Å². The van der Waals surface area contributed by atoms with E-state index in [4.69, 9.17) is 16.7 Å². The number of aromatic nitrogens is 1. The highest BCUT2D eigenvalue weighted by Gasteiger charge is 2.05. The number of nitrogens with zero attached hydrogens (tertiary/aromatic N) is 1. The lowest BCUT2D eigenvalue weighted by atomic mass is 10.4. The number of halogens is 1. The number of thioether (sulfide) groups is 1. The number of hydrogen-bond donors (Lipinski definition) is 2. The summed E-state index contributed by atoms with van der Waals surface area (Å²) < 4.78 is 0. The highest BCUT2D eigenvalue weighted by atomic mass is 35.5. The molecule has 1 rings (SSSR count). The van der Waals surface area contributed by atoms with Crippen molar-refractivity contribution in [3.8, 4) is 0 Å². The summed E-state index contributed by atoms with van der Waals surface area (Å²) in [7, 11) is 0. The van der Waals surface area contributed by atoms with Crippen molar-refractivity contribution in [1.82, 2.24) is 4.98 Å². The van der Waals surface area contributed by atoms with Crippen molar-refractivity contribution < 1.29 is 14.7 Å². The lowest BCUT2D eigenvalue weighted by Gasteiger charge is -2.03. The molecule has 1 heterocycles. The van der Waals surface area contributed by atoms with Crippen LogP contribution in [-0.2, 0) is 9.59 Å². The minimum atomic E-state index is -0.946. The third-order valence-corrected chi connectivity index (χ3v) is 2.57. The SMILES string of the molecule is O=C(O)CSCC(=O)Nc1cccc(Cl)n1. The van der Waals surface area contributed by atoms with Crippen LogP contribution in [0.5, 0.6) is 0 Å². The molecule has 1 amide bonds. The molecule has 0 aliphatic carbocycles. The van der Waals surface area contributed by atoms with Crippen LogP contribution in [0, 0.1) is 0 Å². The Morgan fingerprint density at radius 1 is 1.44 bits per heavy atom. The van der Waals surface area contributed by atoms with E-state index in [1.807, 2.05) is 0 Å². The van der Waals surface area contributed by atoms with E-state index in [-0.39, 0.29) is 22.6 Å². The van der Waals surface area contributed by atoms with Gasteiger partial charge in [0.1, 0.15) is 11.0 Å². The summed E-state index contributed by atoms with van der Waals surface area (Å²) >= 11 is 6.65. The molecule has 0 saturated carbocycles. The second kappa shape index (κ2) is 6.34. The second-order valence-electron chi connectivity index (χ2n) is 2.78. The number of nitrogens with one attached hydrogen (secondary N) is 1. The molecular formula is C9H9ClN2O3S. The highest BCUT2D eigenvalue weighted by Crippen LogP contribution is 2.09. The molecular weight excluding hydrogens is 252 g/mol. The Kier molecular flexibility index (Phi) is 5.07. The topological polar surface area (TPSA) is 79.3 Å². The van der Waals surface area contributed by atoms with Gasteiger partial charge in [0.05, 0.1) is 11.5 Å². The number of carbonyl (C=O) groups is 2. The Morgan fingerprint density at radius 3 is 2.81 bits per heavy atom. The minimum absolute atomic E-state index is 0.0699. The van der Waals surface area contributed by atoms with Crippen molar-refractivity contribution in [3.05, 3.63) is 23.4 Å². The minimum Gasteiger partial charge on any atom is -0.481 e. The van der Waals surface area contributed by atoms with Crippen LogP contribution in [0.3, 0.4) is 0 Å². The molecule has 86 valence electrons. The highest BCUT2D eigenvalue weighted by molar-refractivity contribution is 8.00. The zero-order valence-electron chi connectivity index (χ0n) is 8.14. The molecule has 0 atom stereocenters. The molecule has 0 unspecified atom stereocenters. The average Bonchev–Trinajstić information content (AvgIpc) is 2.16. The van der Waals surface area contributed by atoms with E-state index in [2.05, 4.69) is 10.3 Å². The number of amides is 1. The Bertz CT molecular complexity index is 400. The first-order valence-corrected chi connectivity index (χ1v) is 5.83. The molecule has 0 spiro atoms. The first-order chi connectivity index (χ1) is 7.58. The predicted molar refractivity (Wildman–Crippen MR) is 62.8 cm³/mol.